The third-order valence-corrected chi connectivity index (χ3v) is 5.85. The molecule has 0 unspecified atom stereocenters. The monoisotopic (exact) mass is 422 g/mol. The number of hydrogen-bond acceptors (Lipinski definition) is 4. The Hall–Kier alpha value is -1.60. The molecule has 4 nitrogen and oxygen atoms in total. The second kappa shape index (κ2) is 10.8. The van der Waals surface area contributed by atoms with Crippen molar-refractivity contribution in [2.45, 2.75) is 18.8 Å². The molecule has 0 atom stereocenters. The van der Waals surface area contributed by atoms with Crippen LogP contribution in [0.1, 0.15) is 16.7 Å². The molecule has 28 heavy (non-hydrogen) atoms. The maximum Gasteiger partial charge on any atom is 0.230 e. The molecule has 1 saturated heterocycles. The van der Waals surface area contributed by atoms with Crippen LogP contribution in [0.5, 0.6) is 0 Å². The highest BCUT2D eigenvalue weighted by atomic mass is 35.5. The third kappa shape index (κ3) is 6.48. The first-order valence-corrected chi connectivity index (χ1v) is 10.8. The van der Waals surface area contributed by atoms with E-state index in [9.17, 15) is 9.18 Å². The van der Waals surface area contributed by atoms with Gasteiger partial charge in [-0.1, -0.05) is 41.9 Å². The minimum atomic E-state index is -0.336. The van der Waals surface area contributed by atoms with Crippen molar-refractivity contribution in [3.8, 4) is 0 Å². The first-order chi connectivity index (χ1) is 13.6. The van der Waals surface area contributed by atoms with Gasteiger partial charge >= 0.3 is 0 Å². The number of thioether (sulfide) groups is 1. The molecule has 1 amide bonds. The molecule has 0 saturated carbocycles. The zero-order chi connectivity index (χ0) is 19.8. The minimum absolute atomic E-state index is 0.0731. The number of amides is 1. The molecule has 1 aliphatic rings. The van der Waals surface area contributed by atoms with Crippen molar-refractivity contribution in [2.75, 3.05) is 32.1 Å². The molecule has 0 spiro atoms. The van der Waals surface area contributed by atoms with Gasteiger partial charge in [0.25, 0.3) is 0 Å². The van der Waals surface area contributed by atoms with E-state index in [1.807, 2.05) is 12.1 Å². The van der Waals surface area contributed by atoms with E-state index in [4.69, 9.17) is 16.3 Å². The first kappa shape index (κ1) is 21.1. The van der Waals surface area contributed by atoms with E-state index in [2.05, 4.69) is 22.3 Å². The van der Waals surface area contributed by atoms with Crippen LogP contribution in [0.2, 0.25) is 5.02 Å². The molecule has 0 radical (unpaired) electrons. The van der Waals surface area contributed by atoms with Gasteiger partial charge in [0, 0.05) is 42.5 Å². The summed E-state index contributed by atoms with van der Waals surface area (Å²) in [4.78, 5) is 14.5. The van der Waals surface area contributed by atoms with Crippen molar-refractivity contribution in [3.05, 3.63) is 70.0 Å². The minimum Gasteiger partial charge on any atom is -0.379 e. The van der Waals surface area contributed by atoms with Gasteiger partial charge < -0.3 is 10.1 Å². The van der Waals surface area contributed by atoms with Gasteiger partial charge in [0.15, 0.2) is 0 Å². The molecule has 2 aromatic rings. The van der Waals surface area contributed by atoms with Gasteiger partial charge in [0.2, 0.25) is 5.91 Å². The Balaban J connectivity index is 1.42. The Kier molecular flexibility index (Phi) is 8.15. The molecular weight excluding hydrogens is 399 g/mol. The summed E-state index contributed by atoms with van der Waals surface area (Å²) in [5, 5.41) is 3.32. The molecule has 150 valence electrons. The number of nitrogens with one attached hydrogen (secondary N) is 1. The number of benzene rings is 2. The van der Waals surface area contributed by atoms with E-state index in [0.29, 0.717) is 22.9 Å². The Labute approximate surface area is 174 Å². The van der Waals surface area contributed by atoms with Crippen LogP contribution in [0.3, 0.4) is 0 Å². The molecule has 1 aliphatic heterocycles. The van der Waals surface area contributed by atoms with Crippen LogP contribution < -0.4 is 5.32 Å². The molecule has 7 heteroatoms. The normalized spacial score (nSPS) is 14.8. The van der Waals surface area contributed by atoms with Gasteiger partial charge in [-0.2, -0.15) is 0 Å². The lowest BCUT2D eigenvalue weighted by atomic mass is 10.1. The second-order valence-electron chi connectivity index (χ2n) is 6.68. The second-order valence-corrected chi connectivity index (χ2v) is 8.07. The highest BCUT2D eigenvalue weighted by Gasteiger charge is 2.11. The number of ether oxygens (including phenoxy) is 1. The van der Waals surface area contributed by atoms with Crippen molar-refractivity contribution in [1.82, 2.24) is 10.2 Å². The number of nitrogens with zero attached hydrogens (tertiary/aromatic N) is 1. The van der Waals surface area contributed by atoms with Crippen molar-refractivity contribution in [1.29, 1.82) is 0 Å². The molecule has 3 rings (SSSR count). The van der Waals surface area contributed by atoms with Crippen LogP contribution in [0.25, 0.3) is 0 Å². The van der Waals surface area contributed by atoms with Crippen LogP contribution in [-0.4, -0.2) is 42.9 Å². The summed E-state index contributed by atoms with van der Waals surface area (Å²) in [6, 6.07) is 12.9. The molecule has 1 heterocycles. The molecule has 2 aromatic carbocycles. The summed E-state index contributed by atoms with van der Waals surface area (Å²) in [6.45, 7) is 4.84. The smallest absolute Gasteiger partial charge is 0.230 e. The van der Waals surface area contributed by atoms with Gasteiger partial charge in [-0.05, 0) is 23.3 Å². The number of hydrogen-bond donors (Lipinski definition) is 1. The number of halogens is 2. The maximum atomic E-state index is 13.7. The average Bonchev–Trinajstić information content (AvgIpc) is 2.70. The summed E-state index contributed by atoms with van der Waals surface area (Å²) in [6.07, 6.45) is 0. The molecule has 1 fully saturated rings. The highest BCUT2D eigenvalue weighted by molar-refractivity contribution is 7.99. The molecule has 0 aromatic heterocycles. The SMILES string of the molecule is O=C(CSCc1c(F)cccc1Cl)NCc1cccc(CN2CCOCC2)c1. The van der Waals surface area contributed by atoms with Crippen LogP contribution >= 0.6 is 23.4 Å². The zero-order valence-electron chi connectivity index (χ0n) is 15.6. The molecule has 1 N–H and O–H groups in total. The van der Waals surface area contributed by atoms with Crippen LogP contribution in [-0.2, 0) is 28.4 Å². The van der Waals surface area contributed by atoms with Gasteiger partial charge in [-0.15, -0.1) is 11.8 Å². The lowest BCUT2D eigenvalue weighted by molar-refractivity contribution is -0.118. The quantitative estimate of drug-likeness (QED) is 0.701. The summed E-state index contributed by atoms with van der Waals surface area (Å²) in [5.74, 6) is 0.222. The van der Waals surface area contributed by atoms with Gasteiger partial charge in [0.05, 0.1) is 19.0 Å². The van der Waals surface area contributed by atoms with E-state index in [1.165, 1.54) is 23.4 Å². The summed E-state index contributed by atoms with van der Waals surface area (Å²) < 4.78 is 19.1. The number of carbonyl (C=O) groups is 1. The number of carbonyl (C=O) groups excluding carboxylic acids is 1. The van der Waals surface area contributed by atoms with Crippen molar-refractivity contribution in [3.63, 3.8) is 0 Å². The Bertz CT molecular complexity index is 779. The summed E-state index contributed by atoms with van der Waals surface area (Å²) in [7, 11) is 0. The lowest BCUT2D eigenvalue weighted by Gasteiger charge is -2.26. The van der Waals surface area contributed by atoms with E-state index < -0.39 is 0 Å². The predicted octanol–water partition coefficient (Wildman–Crippen LogP) is 3.86. The van der Waals surface area contributed by atoms with E-state index >= 15 is 0 Å². The fourth-order valence-corrected chi connectivity index (χ4v) is 4.22. The predicted molar refractivity (Wildman–Crippen MR) is 112 cm³/mol. The van der Waals surface area contributed by atoms with Crippen LogP contribution in [0.15, 0.2) is 42.5 Å². The van der Waals surface area contributed by atoms with Crippen LogP contribution in [0, 0.1) is 5.82 Å². The molecule has 0 aliphatic carbocycles. The Morgan fingerprint density at radius 1 is 1.18 bits per heavy atom. The summed E-state index contributed by atoms with van der Waals surface area (Å²) >= 11 is 7.36. The zero-order valence-corrected chi connectivity index (χ0v) is 17.2. The van der Waals surface area contributed by atoms with Crippen molar-refractivity contribution in [2.24, 2.45) is 0 Å². The highest BCUT2D eigenvalue weighted by Crippen LogP contribution is 2.23. The van der Waals surface area contributed by atoms with Gasteiger partial charge in [0.1, 0.15) is 5.82 Å². The Morgan fingerprint density at radius 2 is 1.93 bits per heavy atom. The van der Waals surface area contributed by atoms with Crippen LogP contribution in [0.4, 0.5) is 4.39 Å². The number of rotatable bonds is 8. The topological polar surface area (TPSA) is 41.6 Å². The van der Waals surface area contributed by atoms with Crippen molar-refractivity contribution < 1.29 is 13.9 Å². The maximum absolute atomic E-state index is 13.7. The van der Waals surface area contributed by atoms with Crippen molar-refractivity contribution >= 4 is 29.3 Å². The van der Waals surface area contributed by atoms with Gasteiger partial charge in [-0.3, -0.25) is 9.69 Å². The molecular formula is C21H24ClFN2O2S. The third-order valence-electron chi connectivity index (χ3n) is 4.53. The standard InChI is InChI=1S/C21H24ClFN2O2S/c22-19-5-2-6-20(23)18(19)14-28-15-21(26)24-12-16-3-1-4-17(11-16)13-25-7-9-27-10-8-25/h1-6,11H,7-10,12-15H2,(H,24,26). The van der Waals surface area contributed by atoms with Gasteiger partial charge in [-0.25, -0.2) is 4.39 Å². The van der Waals surface area contributed by atoms with E-state index in [-0.39, 0.29) is 17.5 Å². The fourth-order valence-electron chi connectivity index (χ4n) is 3.02. The molecule has 0 bridgehead atoms. The average molecular weight is 423 g/mol. The lowest BCUT2D eigenvalue weighted by Crippen LogP contribution is -2.35. The Morgan fingerprint density at radius 3 is 2.71 bits per heavy atom. The van der Waals surface area contributed by atoms with E-state index in [1.54, 1.807) is 12.1 Å². The fraction of sp³-hybridized carbons (Fsp3) is 0.381. The summed E-state index contributed by atoms with van der Waals surface area (Å²) in [5.41, 5.74) is 2.75. The first-order valence-electron chi connectivity index (χ1n) is 9.27. The largest absolute Gasteiger partial charge is 0.379 e. The van der Waals surface area contributed by atoms with E-state index in [0.717, 1.165) is 38.4 Å². The number of morpholine rings is 1.